The molecule has 2 bridgehead atoms. The molecule has 3 heteroatoms. The van der Waals surface area contributed by atoms with Crippen molar-refractivity contribution in [3.8, 4) is 0 Å². The third-order valence-electron chi connectivity index (χ3n) is 2.16. The molecule has 0 heterocycles. The standard InChI is InChI=1S/C7H8.C5H8O2.Rh/c1-2-7-4-3-6(1)5-7;1-4(6)3-5(2)7;/h1-4,6-7H,5H2;3,6H,1-2H3;/p-1/b;4-3-;. The van der Waals surface area contributed by atoms with Gasteiger partial charge in [0.1, 0.15) is 0 Å². The first kappa shape index (κ1) is 14.3. The third kappa shape index (κ3) is 5.68. The van der Waals surface area contributed by atoms with Crippen molar-refractivity contribution in [3.63, 3.8) is 0 Å². The van der Waals surface area contributed by atoms with Crippen molar-refractivity contribution in [1.82, 2.24) is 0 Å². The maximum Gasteiger partial charge on any atom is 0.151 e. The largest absolute Gasteiger partial charge is 0.876 e. The van der Waals surface area contributed by atoms with Crippen molar-refractivity contribution in [2.45, 2.75) is 20.3 Å². The molecule has 2 nitrogen and oxygen atoms in total. The summed E-state index contributed by atoms with van der Waals surface area (Å²) in [5.74, 6) is 1.25. The maximum absolute atomic E-state index is 9.98. The van der Waals surface area contributed by atoms with Gasteiger partial charge in [-0.05, 0) is 31.3 Å². The Morgan fingerprint density at radius 2 is 1.60 bits per heavy atom. The second kappa shape index (κ2) is 6.73. The second-order valence-electron chi connectivity index (χ2n) is 3.70. The van der Waals surface area contributed by atoms with Crippen molar-refractivity contribution < 1.29 is 29.4 Å². The van der Waals surface area contributed by atoms with E-state index in [4.69, 9.17) is 0 Å². The van der Waals surface area contributed by atoms with Crippen LogP contribution in [0.15, 0.2) is 36.1 Å². The fourth-order valence-corrected chi connectivity index (χ4v) is 1.61. The first-order valence-electron chi connectivity index (χ1n) is 4.80. The molecule has 0 aromatic rings. The van der Waals surface area contributed by atoms with E-state index in [-0.39, 0.29) is 31.0 Å². The Hall–Kier alpha value is -0.687. The number of allylic oxidation sites excluding steroid dienone is 6. The summed E-state index contributed by atoms with van der Waals surface area (Å²) in [6.07, 6.45) is 11.6. The molecule has 0 saturated carbocycles. The Balaban J connectivity index is 0.000000245. The molecule has 0 aromatic heterocycles. The molecule has 2 aliphatic rings. The fourth-order valence-electron chi connectivity index (χ4n) is 1.61. The molecular formula is C12H15O2Rh-. The third-order valence-corrected chi connectivity index (χ3v) is 2.16. The van der Waals surface area contributed by atoms with Gasteiger partial charge in [-0.3, -0.25) is 4.79 Å². The van der Waals surface area contributed by atoms with E-state index in [9.17, 15) is 9.90 Å². The van der Waals surface area contributed by atoms with Gasteiger partial charge in [0.25, 0.3) is 0 Å². The summed E-state index contributed by atoms with van der Waals surface area (Å²) in [7, 11) is 0. The molecule has 0 N–H and O–H groups in total. The van der Waals surface area contributed by atoms with Crippen LogP contribution in [0.25, 0.3) is 0 Å². The van der Waals surface area contributed by atoms with E-state index in [0.717, 1.165) is 17.9 Å². The topological polar surface area (TPSA) is 40.1 Å². The molecule has 2 aliphatic carbocycles. The van der Waals surface area contributed by atoms with Crippen LogP contribution in [-0.2, 0) is 24.3 Å². The predicted molar refractivity (Wildman–Crippen MR) is 54.3 cm³/mol. The van der Waals surface area contributed by atoms with E-state index in [1.807, 2.05) is 0 Å². The summed E-state index contributed by atoms with van der Waals surface area (Å²) < 4.78 is 0. The number of fused-ring (bicyclic) bond motifs is 2. The zero-order valence-electron chi connectivity index (χ0n) is 8.90. The molecule has 1 radical (unpaired) electrons. The van der Waals surface area contributed by atoms with Gasteiger partial charge in [0.2, 0.25) is 0 Å². The zero-order chi connectivity index (χ0) is 10.6. The van der Waals surface area contributed by atoms with Gasteiger partial charge in [-0.1, -0.05) is 31.2 Å². The molecule has 0 aromatic carbocycles. The summed E-state index contributed by atoms with van der Waals surface area (Å²) >= 11 is 0. The quantitative estimate of drug-likeness (QED) is 0.319. The van der Waals surface area contributed by atoms with Crippen molar-refractivity contribution in [2.75, 3.05) is 0 Å². The molecule has 0 fully saturated rings. The molecule has 0 unspecified atom stereocenters. The summed E-state index contributed by atoms with van der Waals surface area (Å²) in [6, 6.07) is 0. The first-order valence-corrected chi connectivity index (χ1v) is 4.80. The van der Waals surface area contributed by atoms with E-state index in [2.05, 4.69) is 24.3 Å². The van der Waals surface area contributed by atoms with Crippen molar-refractivity contribution in [1.29, 1.82) is 0 Å². The summed E-state index contributed by atoms with van der Waals surface area (Å²) in [4.78, 5) is 9.98. The Labute approximate surface area is 104 Å². The van der Waals surface area contributed by atoms with Crippen LogP contribution >= 0.6 is 0 Å². The number of ketones is 1. The van der Waals surface area contributed by atoms with Crippen LogP contribution in [0.3, 0.4) is 0 Å². The van der Waals surface area contributed by atoms with Crippen LogP contribution in [0, 0.1) is 11.8 Å². The van der Waals surface area contributed by atoms with Gasteiger partial charge in [-0.15, -0.1) is 5.76 Å². The minimum absolute atomic E-state index is 0. The monoisotopic (exact) mass is 294 g/mol. The Bertz CT molecular complexity index is 271. The maximum atomic E-state index is 9.98. The minimum atomic E-state index is -0.187. The van der Waals surface area contributed by atoms with Crippen molar-refractivity contribution in [3.05, 3.63) is 36.1 Å². The number of hydrogen-bond donors (Lipinski definition) is 0. The molecule has 2 rings (SSSR count). The number of rotatable bonds is 1. The van der Waals surface area contributed by atoms with Gasteiger partial charge in [-0.2, -0.15) is 0 Å². The van der Waals surface area contributed by atoms with Crippen molar-refractivity contribution >= 4 is 5.78 Å². The van der Waals surface area contributed by atoms with Gasteiger partial charge in [0.15, 0.2) is 5.78 Å². The van der Waals surface area contributed by atoms with Gasteiger partial charge in [-0.25, -0.2) is 0 Å². The number of carbonyl (C=O) groups is 1. The van der Waals surface area contributed by atoms with E-state index in [1.165, 1.54) is 20.3 Å². The van der Waals surface area contributed by atoms with Crippen LogP contribution in [0.5, 0.6) is 0 Å². The normalized spacial score (nSPS) is 25.6. The number of carbonyl (C=O) groups excluding carboxylic acids is 1. The molecule has 15 heavy (non-hydrogen) atoms. The Morgan fingerprint density at radius 1 is 1.20 bits per heavy atom. The van der Waals surface area contributed by atoms with E-state index in [1.54, 1.807) is 0 Å². The zero-order valence-corrected chi connectivity index (χ0v) is 10.5. The van der Waals surface area contributed by atoms with Crippen LogP contribution in [0.4, 0.5) is 0 Å². The SMILES string of the molecule is C1=CC2C=CC1C2.CC(=O)/C=C(/C)[O-].[Rh]. The molecule has 85 valence electrons. The molecule has 0 spiro atoms. The van der Waals surface area contributed by atoms with Gasteiger partial charge in [0, 0.05) is 19.5 Å². The summed E-state index contributed by atoms with van der Waals surface area (Å²) in [6.45, 7) is 2.70. The molecule has 0 atom stereocenters. The summed E-state index contributed by atoms with van der Waals surface area (Å²) in [5.41, 5.74) is 0. The van der Waals surface area contributed by atoms with Gasteiger partial charge in [0.05, 0.1) is 0 Å². The molecule has 0 amide bonds. The second-order valence-corrected chi connectivity index (χ2v) is 3.70. The van der Waals surface area contributed by atoms with Crippen LogP contribution in [-0.4, -0.2) is 5.78 Å². The van der Waals surface area contributed by atoms with Crippen LogP contribution in [0.1, 0.15) is 20.3 Å². The molecular weight excluding hydrogens is 279 g/mol. The van der Waals surface area contributed by atoms with Crippen LogP contribution in [0.2, 0.25) is 0 Å². The van der Waals surface area contributed by atoms with Crippen molar-refractivity contribution in [2.24, 2.45) is 11.8 Å². The van der Waals surface area contributed by atoms with E-state index in [0.29, 0.717) is 0 Å². The molecule has 0 aliphatic heterocycles. The van der Waals surface area contributed by atoms with Crippen LogP contribution < -0.4 is 5.11 Å². The van der Waals surface area contributed by atoms with Gasteiger partial charge < -0.3 is 5.11 Å². The fraction of sp³-hybridized carbons (Fsp3) is 0.417. The summed E-state index contributed by atoms with van der Waals surface area (Å²) in [5, 5.41) is 9.98. The Kier molecular flexibility index (Phi) is 6.43. The Morgan fingerprint density at radius 3 is 1.67 bits per heavy atom. The average molecular weight is 294 g/mol. The smallest absolute Gasteiger partial charge is 0.151 e. The van der Waals surface area contributed by atoms with E-state index >= 15 is 0 Å². The minimum Gasteiger partial charge on any atom is -0.876 e. The average Bonchev–Trinajstić information content (AvgIpc) is 2.63. The van der Waals surface area contributed by atoms with E-state index < -0.39 is 0 Å². The van der Waals surface area contributed by atoms with Gasteiger partial charge >= 0.3 is 0 Å². The molecule has 0 saturated heterocycles. The first-order chi connectivity index (χ1) is 6.58. The number of hydrogen-bond acceptors (Lipinski definition) is 2. The predicted octanol–water partition coefficient (Wildman–Crippen LogP) is 1.59.